The van der Waals surface area contributed by atoms with Gasteiger partial charge in [-0.05, 0) is 24.9 Å². The minimum atomic E-state index is 0.475. The topological polar surface area (TPSA) is 21.3 Å². The van der Waals surface area contributed by atoms with E-state index in [9.17, 15) is 0 Å². The summed E-state index contributed by atoms with van der Waals surface area (Å²) in [5, 5.41) is 3.54. The Labute approximate surface area is 92.6 Å². The highest BCUT2D eigenvalue weighted by Gasteiger charge is 2.06. The van der Waals surface area contributed by atoms with Gasteiger partial charge in [0.1, 0.15) is 0 Å². The number of benzene rings is 1. The van der Waals surface area contributed by atoms with Gasteiger partial charge >= 0.3 is 0 Å². The van der Waals surface area contributed by atoms with Gasteiger partial charge in [0, 0.05) is 19.8 Å². The van der Waals surface area contributed by atoms with E-state index in [4.69, 9.17) is 4.74 Å². The summed E-state index contributed by atoms with van der Waals surface area (Å²) in [6.07, 6.45) is 2.19. The van der Waals surface area contributed by atoms with Crippen LogP contribution in [0.25, 0.3) is 0 Å². The molecule has 0 saturated heterocycles. The first kappa shape index (κ1) is 12.2. The summed E-state index contributed by atoms with van der Waals surface area (Å²) < 4.78 is 5.02. The van der Waals surface area contributed by atoms with Crippen molar-refractivity contribution in [3.8, 4) is 0 Å². The minimum absolute atomic E-state index is 0.475. The van der Waals surface area contributed by atoms with Gasteiger partial charge in [0.2, 0.25) is 0 Å². The van der Waals surface area contributed by atoms with Gasteiger partial charge in [0.15, 0.2) is 0 Å². The molecule has 2 nitrogen and oxygen atoms in total. The van der Waals surface area contributed by atoms with Crippen LogP contribution in [0.4, 0.5) is 0 Å². The van der Waals surface area contributed by atoms with E-state index in [-0.39, 0.29) is 0 Å². The van der Waals surface area contributed by atoms with Crippen LogP contribution in [0.2, 0.25) is 0 Å². The van der Waals surface area contributed by atoms with Crippen molar-refractivity contribution in [1.82, 2.24) is 5.32 Å². The lowest BCUT2D eigenvalue weighted by molar-refractivity contribution is 0.193. The van der Waals surface area contributed by atoms with Gasteiger partial charge in [-0.3, -0.25) is 0 Å². The summed E-state index contributed by atoms with van der Waals surface area (Å²) in [6.45, 7) is 4.06. The van der Waals surface area contributed by atoms with Gasteiger partial charge < -0.3 is 10.1 Å². The fourth-order valence-corrected chi connectivity index (χ4v) is 1.68. The van der Waals surface area contributed by atoms with Gasteiger partial charge in [0.05, 0.1) is 0 Å². The zero-order chi connectivity index (χ0) is 10.9. The van der Waals surface area contributed by atoms with E-state index in [1.807, 2.05) is 0 Å². The lowest BCUT2D eigenvalue weighted by Crippen LogP contribution is -2.22. The molecule has 1 aromatic carbocycles. The van der Waals surface area contributed by atoms with Crippen LogP contribution in [0, 0.1) is 0 Å². The highest BCUT2D eigenvalue weighted by atomic mass is 16.5. The average Bonchev–Trinajstić information content (AvgIpc) is 2.30. The Bertz CT molecular complexity index is 248. The van der Waals surface area contributed by atoms with Crippen molar-refractivity contribution < 1.29 is 4.74 Å². The molecule has 0 aliphatic carbocycles. The number of hydrogen-bond acceptors (Lipinski definition) is 2. The maximum Gasteiger partial charge on any atom is 0.0474 e. The summed E-state index contributed by atoms with van der Waals surface area (Å²) in [5.74, 6) is 0. The Morgan fingerprint density at radius 2 is 2.00 bits per heavy atom. The molecule has 15 heavy (non-hydrogen) atoms. The second-order valence-electron chi connectivity index (χ2n) is 3.67. The first-order valence-corrected chi connectivity index (χ1v) is 5.65. The Kier molecular flexibility index (Phi) is 6.05. The first-order valence-electron chi connectivity index (χ1n) is 5.65. The summed E-state index contributed by atoms with van der Waals surface area (Å²) >= 11 is 0. The van der Waals surface area contributed by atoms with Gasteiger partial charge in [-0.1, -0.05) is 37.3 Å². The molecule has 1 aromatic rings. The van der Waals surface area contributed by atoms with E-state index in [2.05, 4.69) is 42.6 Å². The van der Waals surface area contributed by atoms with Crippen LogP contribution in [0.15, 0.2) is 30.3 Å². The molecule has 2 heteroatoms. The van der Waals surface area contributed by atoms with Crippen LogP contribution in [0.5, 0.6) is 0 Å². The van der Waals surface area contributed by atoms with E-state index in [1.165, 1.54) is 5.56 Å². The standard InChI is InChI=1S/C13H21NO/c1-3-13(14-10-7-11-15-2)12-8-5-4-6-9-12/h4-6,8-9,13-14H,3,7,10-11H2,1-2H3. The largest absolute Gasteiger partial charge is 0.385 e. The van der Waals surface area contributed by atoms with E-state index < -0.39 is 0 Å². The molecule has 0 aliphatic heterocycles. The third kappa shape index (κ3) is 4.45. The highest BCUT2D eigenvalue weighted by molar-refractivity contribution is 5.18. The zero-order valence-electron chi connectivity index (χ0n) is 9.70. The molecule has 0 aliphatic rings. The normalized spacial score (nSPS) is 12.7. The zero-order valence-corrected chi connectivity index (χ0v) is 9.70. The molecule has 0 spiro atoms. The van der Waals surface area contributed by atoms with Crippen molar-refractivity contribution in [3.05, 3.63) is 35.9 Å². The average molecular weight is 207 g/mol. The Morgan fingerprint density at radius 1 is 1.27 bits per heavy atom. The SMILES string of the molecule is CCC(NCCCOC)c1ccccc1. The lowest BCUT2D eigenvalue weighted by atomic mass is 10.0. The molecule has 1 N–H and O–H groups in total. The Morgan fingerprint density at radius 3 is 2.60 bits per heavy atom. The van der Waals surface area contributed by atoms with E-state index in [0.717, 1.165) is 26.0 Å². The number of ether oxygens (including phenoxy) is 1. The summed E-state index contributed by atoms with van der Waals surface area (Å²) in [7, 11) is 1.74. The van der Waals surface area contributed by atoms with E-state index in [1.54, 1.807) is 7.11 Å². The molecule has 0 bridgehead atoms. The molecule has 84 valence electrons. The predicted molar refractivity (Wildman–Crippen MR) is 64.0 cm³/mol. The molecule has 0 fully saturated rings. The second-order valence-corrected chi connectivity index (χ2v) is 3.67. The van der Waals surface area contributed by atoms with Crippen molar-refractivity contribution in [3.63, 3.8) is 0 Å². The molecule has 0 heterocycles. The summed E-state index contributed by atoms with van der Waals surface area (Å²) in [4.78, 5) is 0. The highest BCUT2D eigenvalue weighted by Crippen LogP contribution is 2.15. The minimum Gasteiger partial charge on any atom is -0.385 e. The molecule has 1 unspecified atom stereocenters. The van der Waals surface area contributed by atoms with Crippen molar-refractivity contribution in [1.29, 1.82) is 0 Å². The number of hydrogen-bond donors (Lipinski definition) is 1. The van der Waals surface area contributed by atoms with Crippen LogP contribution < -0.4 is 5.32 Å². The summed E-state index contributed by atoms with van der Waals surface area (Å²) in [6, 6.07) is 11.1. The second kappa shape index (κ2) is 7.43. The fourth-order valence-electron chi connectivity index (χ4n) is 1.68. The van der Waals surface area contributed by atoms with Crippen molar-refractivity contribution >= 4 is 0 Å². The fraction of sp³-hybridized carbons (Fsp3) is 0.538. The number of rotatable bonds is 7. The Hall–Kier alpha value is -0.860. The van der Waals surface area contributed by atoms with Gasteiger partial charge in [-0.15, -0.1) is 0 Å². The van der Waals surface area contributed by atoms with Crippen LogP contribution in [0.3, 0.4) is 0 Å². The van der Waals surface area contributed by atoms with Crippen LogP contribution >= 0.6 is 0 Å². The monoisotopic (exact) mass is 207 g/mol. The van der Waals surface area contributed by atoms with Crippen molar-refractivity contribution in [2.75, 3.05) is 20.3 Å². The first-order chi connectivity index (χ1) is 7.38. The quantitative estimate of drug-likeness (QED) is 0.694. The molecular weight excluding hydrogens is 186 g/mol. The molecule has 0 saturated carbocycles. The van der Waals surface area contributed by atoms with Gasteiger partial charge in [-0.25, -0.2) is 0 Å². The van der Waals surface area contributed by atoms with Crippen molar-refractivity contribution in [2.45, 2.75) is 25.8 Å². The summed E-state index contributed by atoms with van der Waals surface area (Å²) in [5.41, 5.74) is 1.37. The number of nitrogens with one attached hydrogen (secondary N) is 1. The predicted octanol–water partition coefficient (Wildman–Crippen LogP) is 2.76. The molecular formula is C13H21NO. The smallest absolute Gasteiger partial charge is 0.0474 e. The molecule has 0 radical (unpaired) electrons. The van der Waals surface area contributed by atoms with E-state index >= 15 is 0 Å². The van der Waals surface area contributed by atoms with E-state index in [0.29, 0.717) is 6.04 Å². The molecule has 0 amide bonds. The maximum atomic E-state index is 5.02. The molecule has 1 atom stereocenters. The van der Waals surface area contributed by atoms with Crippen LogP contribution in [-0.2, 0) is 4.74 Å². The van der Waals surface area contributed by atoms with Gasteiger partial charge in [0.25, 0.3) is 0 Å². The Balaban J connectivity index is 2.36. The maximum absolute atomic E-state index is 5.02. The van der Waals surface area contributed by atoms with Crippen molar-refractivity contribution in [2.24, 2.45) is 0 Å². The third-order valence-electron chi connectivity index (χ3n) is 2.53. The van der Waals surface area contributed by atoms with Crippen LogP contribution in [0.1, 0.15) is 31.4 Å². The van der Waals surface area contributed by atoms with Gasteiger partial charge in [-0.2, -0.15) is 0 Å². The van der Waals surface area contributed by atoms with Crippen LogP contribution in [-0.4, -0.2) is 20.3 Å². The molecule has 1 rings (SSSR count). The third-order valence-corrected chi connectivity index (χ3v) is 2.53. The number of methoxy groups -OCH3 is 1. The molecule has 0 aromatic heterocycles. The lowest BCUT2D eigenvalue weighted by Gasteiger charge is -2.17.